The number of Topliss-reactive ketones (excluding diaryl/α,β-unsaturated/α-hetero) is 1. The number of aromatic nitrogens is 3. The summed E-state index contributed by atoms with van der Waals surface area (Å²) in [4.78, 5) is 15.9. The fourth-order valence-electron chi connectivity index (χ4n) is 1.91. The Morgan fingerprint density at radius 3 is 2.83 bits per heavy atom. The van der Waals surface area contributed by atoms with Crippen LogP contribution in [0.5, 0.6) is 0 Å². The highest BCUT2D eigenvalue weighted by molar-refractivity contribution is 6.33. The molecule has 2 aromatic heterocycles. The molecule has 96 valence electrons. The molecule has 0 aromatic carbocycles. The van der Waals surface area contributed by atoms with E-state index in [1.165, 1.54) is 6.39 Å². The molecular formula is C12H14ClN3O2. The number of ketones is 1. The second kappa shape index (κ2) is 4.94. The lowest BCUT2D eigenvalue weighted by Crippen LogP contribution is -2.12. The van der Waals surface area contributed by atoms with Crippen molar-refractivity contribution in [2.24, 2.45) is 0 Å². The molecule has 1 unspecified atom stereocenters. The molecule has 1 atom stereocenters. The van der Waals surface area contributed by atoms with Gasteiger partial charge in [0, 0.05) is 17.0 Å². The van der Waals surface area contributed by atoms with Crippen molar-refractivity contribution >= 4 is 17.4 Å². The molecule has 0 saturated carbocycles. The van der Waals surface area contributed by atoms with E-state index in [1.54, 1.807) is 6.92 Å². The van der Waals surface area contributed by atoms with Crippen LogP contribution in [0.25, 0.3) is 0 Å². The van der Waals surface area contributed by atoms with Crippen molar-refractivity contribution in [1.82, 2.24) is 14.7 Å². The first-order valence-corrected chi connectivity index (χ1v) is 6.04. The molecule has 0 aliphatic rings. The Bertz CT molecular complexity index is 558. The van der Waals surface area contributed by atoms with Gasteiger partial charge in [0.15, 0.2) is 11.6 Å². The molecule has 0 saturated heterocycles. The zero-order valence-electron chi connectivity index (χ0n) is 10.5. The number of aryl methyl sites for hydroxylation is 1. The largest absolute Gasteiger partial charge is 0.343 e. The van der Waals surface area contributed by atoms with Gasteiger partial charge in [-0.15, -0.1) is 11.6 Å². The first-order valence-electron chi connectivity index (χ1n) is 5.61. The first kappa shape index (κ1) is 12.8. The van der Waals surface area contributed by atoms with Crippen molar-refractivity contribution in [2.45, 2.75) is 32.7 Å². The van der Waals surface area contributed by atoms with Gasteiger partial charge in [0.2, 0.25) is 6.39 Å². The molecule has 0 aliphatic carbocycles. The number of nitrogens with zero attached hydrogens (tertiary/aromatic N) is 3. The summed E-state index contributed by atoms with van der Waals surface area (Å²) in [5.74, 6) is 0.513. The van der Waals surface area contributed by atoms with E-state index in [1.807, 2.05) is 24.5 Å². The Morgan fingerprint density at radius 2 is 2.28 bits per heavy atom. The molecule has 0 radical (unpaired) electrons. The number of carbonyl (C=O) groups is 1. The molecular weight excluding hydrogens is 254 g/mol. The fraction of sp³-hybridized carbons (Fsp3) is 0.417. The molecule has 0 spiro atoms. The van der Waals surface area contributed by atoms with Crippen LogP contribution < -0.4 is 0 Å². The Morgan fingerprint density at radius 1 is 1.56 bits per heavy atom. The normalized spacial score (nSPS) is 12.7. The number of hydrogen-bond acceptors (Lipinski definition) is 4. The van der Waals surface area contributed by atoms with Crippen LogP contribution in [-0.2, 0) is 6.54 Å². The summed E-state index contributed by atoms with van der Waals surface area (Å²) in [6, 6.07) is 1.84. The van der Waals surface area contributed by atoms with E-state index in [9.17, 15) is 4.79 Å². The van der Waals surface area contributed by atoms with Crippen molar-refractivity contribution in [3.8, 4) is 0 Å². The summed E-state index contributed by atoms with van der Waals surface area (Å²) in [6.45, 7) is 5.98. The topological polar surface area (TPSA) is 60.9 Å². The maximum Gasteiger partial charge on any atom is 0.213 e. The van der Waals surface area contributed by atoms with E-state index in [0.717, 1.165) is 11.4 Å². The highest BCUT2D eigenvalue weighted by atomic mass is 35.5. The summed E-state index contributed by atoms with van der Waals surface area (Å²) in [7, 11) is 0. The molecule has 18 heavy (non-hydrogen) atoms. The predicted octanol–water partition coefficient (Wildman–Crippen LogP) is 2.35. The monoisotopic (exact) mass is 267 g/mol. The molecule has 2 aromatic rings. The first-order chi connectivity index (χ1) is 8.50. The van der Waals surface area contributed by atoms with Crippen LogP contribution in [0.2, 0.25) is 0 Å². The SMILES string of the molecule is Cc1cc(C(=O)C(C)Cl)c(C)n1Cc1ncon1. The van der Waals surface area contributed by atoms with E-state index < -0.39 is 5.38 Å². The summed E-state index contributed by atoms with van der Waals surface area (Å²) in [6.07, 6.45) is 1.29. The summed E-state index contributed by atoms with van der Waals surface area (Å²) < 4.78 is 6.67. The lowest BCUT2D eigenvalue weighted by Gasteiger charge is -2.07. The second-order valence-corrected chi connectivity index (χ2v) is 4.85. The van der Waals surface area contributed by atoms with Gasteiger partial charge in [0.25, 0.3) is 0 Å². The van der Waals surface area contributed by atoms with Gasteiger partial charge in [0.1, 0.15) is 0 Å². The molecule has 2 heterocycles. The van der Waals surface area contributed by atoms with Crippen molar-refractivity contribution in [2.75, 3.05) is 0 Å². The number of carbonyl (C=O) groups excluding carboxylic acids is 1. The minimum Gasteiger partial charge on any atom is -0.343 e. The van der Waals surface area contributed by atoms with Crippen LogP contribution in [0, 0.1) is 13.8 Å². The maximum atomic E-state index is 11.9. The van der Waals surface area contributed by atoms with Crippen LogP contribution in [0.3, 0.4) is 0 Å². The van der Waals surface area contributed by atoms with Crippen molar-refractivity contribution < 1.29 is 9.32 Å². The molecule has 6 heteroatoms. The average Bonchev–Trinajstić information content (AvgIpc) is 2.91. The Kier molecular flexibility index (Phi) is 3.52. The number of alkyl halides is 1. The van der Waals surface area contributed by atoms with E-state index >= 15 is 0 Å². The summed E-state index contributed by atoms with van der Waals surface area (Å²) in [5, 5.41) is 3.24. The van der Waals surface area contributed by atoms with Crippen LogP contribution in [0.4, 0.5) is 0 Å². The third-order valence-electron chi connectivity index (χ3n) is 2.91. The highest BCUT2D eigenvalue weighted by Gasteiger charge is 2.19. The number of halogens is 1. The van der Waals surface area contributed by atoms with Gasteiger partial charge in [-0.05, 0) is 26.8 Å². The van der Waals surface area contributed by atoms with Crippen LogP contribution in [0.1, 0.15) is 34.5 Å². The smallest absolute Gasteiger partial charge is 0.213 e. The highest BCUT2D eigenvalue weighted by Crippen LogP contribution is 2.19. The van der Waals surface area contributed by atoms with Crippen molar-refractivity contribution in [3.63, 3.8) is 0 Å². The molecule has 0 bridgehead atoms. The van der Waals surface area contributed by atoms with Crippen LogP contribution >= 0.6 is 11.6 Å². The maximum absolute atomic E-state index is 11.9. The molecule has 0 N–H and O–H groups in total. The Hall–Kier alpha value is -1.62. The zero-order chi connectivity index (χ0) is 13.3. The third-order valence-corrected chi connectivity index (χ3v) is 3.11. The standard InChI is InChI=1S/C12H14ClN3O2/c1-7-4-10(12(17)8(2)13)9(3)16(7)5-11-14-6-18-15-11/h4,6,8H,5H2,1-3H3. The van der Waals surface area contributed by atoms with Crippen LogP contribution in [-0.4, -0.2) is 25.9 Å². The van der Waals surface area contributed by atoms with Gasteiger partial charge in [-0.25, -0.2) is 0 Å². The average molecular weight is 268 g/mol. The van der Waals surface area contributed by atoms with Gasteiger partial charge < -0.3 is 9.09 Å². The van der Waals surface area contributed by atoms with E-state index in [4.69, 9.17) is 16.1 Å². The summed E-state index contributed by atoms with van der Waals surface area (Å²) in [5.41, 5.74) is 2.49. The van der Waals surface area contributed by atoms with E-state index in [2.05, 4.69) is 10.1 Å². The fourth-order valence-corrected chi connectivity index (χ4v) is 2.03. The lowest BCUT2D eigenvalue weighted by molar-refractivity contribution is 0.0991. The lowest BCUT2D eigenvalue weighted by atomic mass is 10.1. The van der Waals surface area contributed by atoms with Crippen molar-refractivity contribution in [3.05, 3.63) is 35.2 Å². The Balaban J connectivity index is 2.35. The van der Waals surface area contributed by atoms with Gasteiger partial charge in [-0.1, -0.05) is 5.16 Å². The van der Waals surface area contributed by atoms with E-state index in [-0.39, 0.29) is 5.78 Å². The number of hydrogen-bond donors (Lipinski definition) is 0. The van der Waals surface area contributed by atoms with Gasteiger partial charge >= 0.3 is 0 Å². The van der Waals surface area contributed by atoms with Crippen LogP contribution in [0.15, 0.2) is 17.0 Å². The van der Waals surface area contributed by atoms with Gasteiger partial charge in [-0.3, -0.25) is 4.79 Å². The minimum atomic E-state index is -0.524. The molecule has 2 rings (SSSR count). The number of rotatable bonds is 4. The Labute approximate surface area is 110 Å². The summed E-state index contributed by atoms with van der Waals surface area (Å²) >= 11 is 5.84. The molecule has 0 amide bonds. The van der Waals surface area contributed by atoms with Gasteiger partial charge in [0.05, 0.1) is 11.9 Å². The minimum absolute atomic E-state index is 0.0656. The zero-order valence-corrected chi connectivity index (χ0v) is 11.2. The molecule has 5 nitrogen and oxygen atoms in total. The van der Waals surface area contributed by atoms with Crippen molar-refractivity contribution in [1.29, 1.82) is 0 Å². The quantitative estimate of drug-likeness (QED) is 0.630. The second-order valence-electron chi connectivity index (χ2n) is 4.20. The van der Waals surface area contributed by atoms with E-state index in [0.29, 0.717) is 17.9 Å². The van der Waals surface area contributed by atoms with Gasteiger partial charge in [-0.2, -0.15) is 4.98 Å². The molecule has 0 fully saturated rings. The molecule has 0 aliphatic heterocycles. The predicted molar refractivity (Wildman–Crippen MR) is 67.0 cm³/mol. The third kappa shape index (κ3) is 2.31.